The minimum absolute atomic E-state index is 0. The SMILES string of the molecule is CCN(CC)C(CNC(=O)C1CCCNC1)c1ccccc1.Cl.Cl. The highest BCUT2D eigenvalue weighted by Gasteiger charge is 2.23. The van der Waals surface area contributed by atoms with Crippen LogP contribution >= 0.6 is 24.8 Å². The van der Waals surface area contributed by atoms with Crippen LogP contribution < -0.4 is 10.6 Å². The number of piperidine rings is 1. The molecule has 1 fully saturated rings. The van der Waals surface area contributed by atoms with Gasteiger partial charge in [-0.15, -0.1) is 24.8 Å². The minimum Gasteiger partial charge on any atom is -0.354 e. The molecule has 1 saturated heterocycles. The van der Waals surface area contributed by atoms with E-state index >= 15 is 0 Å². The highest BCUT2D eigenvalue weighted by molar-refractivity contribution is 5.85. The van der Waals surface area contributed by atoms with Gasteiger partial charge in [-0.05, 0) is 38.0 Å². The highest BCUT2D eigenvalue weighted by atomic mass is 35.5. The molecule has 0 saturated carbocycles. The lowest BCUT2D eigenvalue weighted by Gasteiger charge is -2.31. The third-order valence-electron chi connectivity index (χ3n) is 4.57. The van der Waals surface area contributed by atoms with E-state index in [-0.39, 0.29) is 42.7 Å². The molecule has 0 bridgehead atoms. The maximum atomic E-state index is 12.4. The number of nitrogens with one attached hydrogen (secondary N) is 2. The normalized spacial score (nSPS) is 18.2. The molecule has 1 aromatic rings. The second-order valence-corrected chi connectivity index (χ2v) is 5.94. The lowest BCUT2D eigenvalue weighted by molar-refractivity contribution is -0.125. The summed E-state index contributed by atoms with van der Waals surface area (Å²) in [4.78, 5) is 14.8. The fourth-order valence-corrected chi connectivity index (χ4v) is 3.21. The van der Waals surface area contributed by atoms with Crippen molar-refractivity contribution in [3.8, 4) is 0 Å². The molecule has 138 valence electrons. The molecule has 0 aromatic heterocycles. The molecule has 2 atom stereocenters. The van der Waals surface area contributed by atoms with E-state index in [2.05, 4.69) is 53.6 Å². The first-order valence-corrected chi connectivity index (χ1v) is 8.53. The number of halogens is 2. The van der Waals surface area contributed by atoms with Gasteiger partial charge in [-0.1, -0.05) is 44.2 Å². The predicted molar refractivity (Wildman–Crippen MR) is 105 cm³/mol. The molecule has 1 heterocycles. The molecule has 0 radical (unpaired) electrons. The zero-order valence-electron chi connectivity index (χ0n) is 14.7. The largest absolute Gasteiger partial charge is 0.354 e. The van der Waals surface area contributed by atoms with Crippen molar-refractivity contribution in [1.82, 2.24) is 15.5 Å². The molecule has 2 unspecified atom stereocenters. The van der Waals surface area contributed by atoms with Crippen LogP contribution in [0.5, 0.6) is 0 Å². The van der Waals surface area contributed by atoms with E-state index in [9.17, 15) is 4.79 Å². The second-order valence-electron chi connectivity index (χ2n) is 5.94. The number of nitrogens with zero attached hydrogens (tertiary/aromatic N) is 1. The smallest absolute Gasteiger partial charge is 0.224 e. The molecule has 6 heteroatoms. The van der Waals surface area contributed by atoms with E-state index in [1.807, 2.05) is 6.07 Å². The van der Waals surface area contributed by atoms with Gasteiger partial charge in [0.2, 0.25) is 5.91 Å². The fourth-order valence-electron chi connectivity index (χ4n) is 3.21. The van der Waals surface area contributed by atoms with Crippen LogP contribution in [0.25, 0.3) is 0 Å². The summed E-state index contributed by atoms with van der Waals surface area (Å²) in [7, 11) is 0. The number of hydrogen-bond donors (Lipinski definition) is 2. The van der Waals surface area contributed by atoms with E-state index in [0.29, 0.717) is 6.54 Å². The Morgan fingerprint density at radius 2 is 1.92 bits per heavy atom. The maximum Gasteiger partial charge on any atom is 0.224 e. The van der Waals surface area contributed by atoms with Gasteiger partial charge in [-0.25, -0.2) is 0 Å². The number of rotatable bonds is 7. The van der Waals surface area contributed by atoms with E-state index < -0.39 is 0 Å². The third kappa shape index (κ3) is 6.60. The van der Waals surface area contributed by atoms with Gasteiger partial charge in [0.05, 0.1) is 12.0 Å². The summed E-state index contributed by atoms with van der Waals surface area (Å²) in [6.07, 6.45) is 2.09. The summed E-state index contributed by atoms with van der Waals surface area (Å²) in [6, 6.07) is 10.7. The lowest BCUT2D eigenvalue weighted by atomic mass is 9.98. The molecule has 24 heavy (non-hydrogen) atoms. The Hall–Kier alpha value is -0.810. The Labute approximate surface area is 158 Å². The number of carbonyl (C=O) groups is 1. The zero-order chi connectivity index (χ0) is 15.8. The van der Waals surface area contributed by atoms with Crippen molar-refractivity contribution in [3.05, 3.63) is 35.9 Å². The van der Waals surface area contributed by atoms with Gasteiger partial charge < -0.3 is 10.6 Å². The number of hydrogen-bond acceptors (Lipinski definition) is 3. The molecule has 0 spiro atoms. The lowest BCUT2D eigenvalue weighted by Crippen LogP contribution is -2.44. The molecule has 1 amide bonds. The van der Waals surface area contributed by atoms with Crippen molar-refractivity contribution < 1.29 is 4.79 Å². The standard InChI is InChI=1S/C18H29N3O.2ClH/c1-3-21(4-2)17(15-9-6-5-7-10-15)14-20-18(22)16-11-8-12-19-13-16;;/h5-7,9-10,16-17,19H,3-4,8,11-14H2,1-2H3,(H,20,22);2*1H. The van der Waals surface area contributed by atoms with Gasteiger partial charge in [-0.3, -0.25) is 9.69 Å². The molecule has 0 aliphatic carbocycles. The van der Waals surface area contributed by atoms with Crippen molar-refractivity contribution >= 4 is 30.7 Å². The van der Waals surface area contributed by atoms with Crippen LogP contribution in [0, 0.1) is 5.92 Å². The Morgan fingerprint density at radius 1 is 1.25 bits per heavy atom. The van der Waals surface area contributed by atoms with Crippen LogP contribution in [0.15, 0.2) is 30.3 Å². The molecular formula is C18H31Cl2N3O. The van der Waals surface area contributed by atoms with Gasteiger partial charge in [-0.2, -0.15) is 0 Å². The average molecular weight is 376 g/mol. The van der Waals surface area contributed by atoms with Crippen molar-refractivity contribution in [3.63, 3.8) is 0 Å². The first-order valence-electron chi connectivity index (χ1n) is 8.53. The van der Waals surface area contributed by atoms with Crippen molar-refractivity contribution in [2.45, 2.75) is 32.7 Å². The van der Waals surface area contributed by atoms with E-state index in [1.54, 1.807) is 0 Å². The Bertz CT molecular complexity index is 449. The summed E-state index contributed by atoms with van der Waals surface area (Å²) >= 11 is 0. The van der Waals surface area contributed by atoms with E-state index in [1.165, 1.54) is 5.56 Å². The Balaban J connectivity index is 0.00000264. The third-order valence-corrected chi connectivity index (χ3v) is 4.57. The summed E-state index contributed by atoms with van der Waals surface area (Å²) in [5.74, 6) is 0.321. The number of likely N-dealkylation sites (N-methyl/N-ethyl adjacent to an activating group) is 1. The molecule has 2 N–H and O–H groups in total. The van der Waals surface area contributed by atoms with Crippen LogP contribution in [-0.4, -0.2) is 43.5 Å². The van der Waals surface area contributed by atoms with Crippen molar-refractivity contribution in [2.75, 3.05) is 32.7 Å². The Kier molecular flexibility index (Phi) is 12.1. The average Bonchev–Trinajstić information content (AvgIpc) is 2.60. The first-order chi connectivity index (χ1) is 10.8. The molecular weight excluding hydrogens is 345 g/mol. The summed E-state index contributed by atoms with van der Waals surface area (Å²) in [5.41, 5.74) is 1.27. The number of amides is 1. The topological polar surface area (TPSA) is 44.4 Å². The second kappa shape index (κ2) is 12.5. The maximum absolute atomic E-state index is 12.4. The van der Waals surface area contributed by atoms with Gasteiger partial charge in [0.1, 0.15) is 0 Å². The van der Waals surface area contributed by atoms with Crippen molar-refractivity contribution in [2.24, 2.45) is 5.92 Å². The van der Waals surface area contributed by atoms with E-state index in [0.717, 1.165) is 39.0 Å². The molecule has 1 aliphatic rings. The zero-order valence-corrected chi connectivity index (χ0v) is 16.3. The fraction of sp³-hybridized carbons (Fsp3) is 0.611. The Morgan fingerprint density at radius 3 is 2.46 bits per heavy atom. The van der Waals surface area contributed by atoms with Gasteiger partial charge in [0.15, 0.2) is 0 Å². The quantitative estimate of drug-likeness (QED) is 0.769. The van der Waals surface area contributed by atoms with Gasteiger partial charge >= 0.3 is 0 Å². The van der Waals surface area contributed by atoms with E-state index in [4.69, 9.17) is 0 Å². The molecule has 1 aliphatic heterocycles. The van der Waals surface area contributed by atoms with Crippen LogP contribution in [0.1, 0.15) is 38.3 Å². The van der Waals surface area contributed by atoms with Gasteiger partial charge in [0, 0.05) is 13.1 Å². The first kappa shape index (κ1) is 23.2. The summed E-state index contributed by atoms with van der Waals surface area (Å²) in [6.45, 7) is 8.84. The molecule has 4 nitrogen and oxygen atoms in total. The minimum atomic E-state index is 0. The van der Waals surface area contributed by atoms with Gasteiger partial charge in [0.25, 0.3) is 0 Å². The van der Waals surface area contributed by atoms with Crippen LogP contribution in [0.3, 0.4) is 0 Å². The van der Waals surface area contributed by atoms with Crippen LogP contribution in [0.4, 0.5) is 0 Å². The predicted octanol–water partition coefficient (Wildman–Crippen LogP) is 3.03. The number of benzene rings is 1. The summed E-state index contributed by atoms with van der Waals surface area (Å²) < 4.78 is 0. The highest BCUT2D eigenvalue weighted by Crippen LogP contribution is 2.20. The summed E-state index contributed by atoms with van der Waals surface area (Å²) in [5, 5.41) is 6.49. The van der Waals surface area contributed by atoms with Crippen LogP contribution in [0.2, 0.25) is 0 Å². The molecule has 1 aromatic carbocycles. The van der Waals surface area contributed by atoms with Crippen LogP contribution in [-0.2, 0) is 4.79 Å². The molecule has 2 rings (SSSR count). The monoisotopic (exact) mass is 375 g/mol. The van der Waals surface area contributed by atoms with Crippen molar-refractivity contribution in [1.29, 1.82) is 0 Å². The number of carbonyl (C=O) groups excluding carboxylic acids is 1.